The van der Waals surface area contributed by atoms with Crippen molar-refractivity contribution in [2.24, 2.45) is 0 Å². The van der Waals surface area contributed by atoms with Crippen molar-refractivity contribution in [2.75, 3.05) is 39.3 Å². The first-order valence-corrected chi connectivity index (χ1v) is 8.80. The molecule has 0 spiro atoms. The molecule has 23 heavy (non-hydrogen) atoms. The molecule has 2 saturated heterocycles. The Balaban J connectivity index is 1.77. The Kier molecular flexibility index (Phi) is 5.89. The smallest absolute Gasteiger partial charge is 0.410 e. The number of carbonyl (C=O) groups excluding carboxylic acids is 1. The number of nitrogens with zero attached hydrogens (tertiary/aromatic N) is 2. The Hall–Kier alpha value is -0.880. The fourth-order valence-electron chi connectivity index (χ4n) is 3.23. The van der Waals surface area contributed by atoms with Crippen molar-refractivity contribution in [1.82, 2.24) is 15.1 Å². The molecule has 0 radical (unpaired) electrons. The van der Waals surface area contributed by atoms with Crippen LogP contribution in [-0.4, -0.2) is 72.5 Å². The van der Waals surface area contributed by atoms with Gasteiger partial charge in [0, 0.05) is 45.3 Å². The fourth-order valence-corrected chi connectivity index (χ4v) is 3.23. The molecule has 2 fully saturated rings. The first-order valence-electron chi connectivity index (χ1n) is 8.80. The molecule has 1 N–H and O–H groups in total. The van der Waals surface area contributed by atoms with Crippen LogP contribution in [-0.2, 0) is 4.74 Å². The van der Waals surface area contributed by atoms with Crippen molar-refractivity contribution in [2.45, 2.75) is 64.3 Å². The summed E-state index contributed by atoms with van der Waals surface area (Å²) >= 11 is 0. The summed E-state index contributed by atoms with van der Waals surface area (Å²) in [5.74, 6) is 0. The minimum atomic E-state index is -1.15. The second-order valence-electron chi connectivity index (χ2n) is 7.96. The van der Waals surface area contributed by atoms with Gasteiger partial charge in [-0.05, 0) is 47.0 Å². The number of likely N-dealkylation sites (tertiary alicyclic amines) is 1. The van der Waals surface area contributed by atoms with Gasteiger partial charge in [-0.15, -0.1) is 0 Å². The van der Waals surface area contributed by atoms with Crippen LogP contribution in [0.5, 0.6) is 0 Å². The summed E-state index contributed by atoms with van der Waals surface area (Å²) in [4.78, 5) is 16.0. The highest BCUT2D eigenvalue weighted by Gasteiger charge is 2.37. The number of carbonyl (C=O) groups is 1. The molecule has 0 aromatic carbocycles. The molecule has 2 heterocycles. The zero-order chi connectivity index (χ0) is 17.1. The van der Waals surface area contributed by atoms with Gasteiger partial charge in [-0.2, -0.15) is 0 Å². The molecular formula is C17H32FN3O2. The number of alkyl halides is 1. The SMILES string of the molecule is C[C@H]1CNCCN1CCC1(F)CCN(C(=O)OC(C)(C)C)CC1. The summed E-state index contributed by atoms with van der Waals surface area (Å²) in [6, 6.07) is 0.467. The Morgan fingerprint density at radius 2 is 1.96 bits per heavy atom. The molecule has 2 aliphatic rings. The van der Waals surface area contributed by atoms with Crippen LogP contribution < -0.4 is 5.32 Å². The van der Waals surface area contributed by atoms with Gasteiger partial charge in [0.25, 0.3) is 0 Å². The maximum atomic E-state index is 15.0. The van der Waals surface area contributed by atoms with Gasteiger partial charge < -0.3 is 15.0 Å². The van der Waals surface area contributed by atoms with Crippen LogP contribution in [0, 0.1) is 0 Å². The van der Waals surface area contributed by atoms with Gasteiger partial charge in [0.2, 0.25) is 0 Å². The first kappa shape index (κ1) is 18.5. The monoisotopic (exact) mass is 329 g/mol. The van der Waals surface area contributed by atoms with Gasteiger partial charge >= 0.3 is 6.09 Å². The van der Waals surface area contributed by atoms with E-state index in [1.807, 2.05) is 20.8 Å². The third kappa shape index (κ3) is 5.60. The van der Waals surface area contributed by atoms with Crippen molar-refractivity contribution < 1.29 is 13.9 Å². The third-order valence-corrected chi connectivity index (χ3v) is 4.80. The Morgan fingerprint density at radius 3 is 2.52 bits per heavy atom. The minimum Gasteiger partial charge on any atom is -0.444 e. The lowest BCUT2D eigenvalue weighted by Crippen LogP contribution is -2.52. The van der Waals surface area contributed by atoms with Gasteiger partial charge in [-0.25, -0.2) is 9.18 Å². The highest BCUT2D eigenvalue weighted by atomic mass is 19.1. The standard InChI is InChI=1S/C17H32FN3O2/c1-14-13-19-8-12-20(14)9-5-17(18)6-10-21(11-7-17)15(22)23-16(2,3)4/h14,19H,5-13H2,1-4H3/t14-/m0/s1. The fraction of sp³-hybridized carbons (Fsp3) is 0.941. The zero-order valence-electron chi connectivity index (χ0n) is 15.0. The van der Waals surface area contributed by atoms with Crippen molar-refractivity contribution in [3.63, 3.8) is 0 Å². The van der Waals surface area contributed by atoms with E-state index in [1.165, 1.54) is 0 Å². The molecule has 0 aliphatic carbocycles. The van der Waals surface area contributed by atoms with E-state index in [-0.39, 0.29) is 6.09 Å². The average Bonchev–Trinajstić information content (AvgIpc) is 2.45. The van der Waals surface area contributed by atoms with E-state index in [0.29, 0.717) is 38.4 Å². The average molecular weight is 329 g/mol. The maximum absolute atomic E-state index is 15.0. The second kappa shape index (κ2) is 7.34. The normalized spacial score (nSPS) is 26.1. The Labute approximate surface area is 139 Å². The molecule has 2 aliphatic heterocycles. The Morgan fingerprint density at radius 1 is 1.30 bits per heavy atom. The number of hydrogen-bond acceptors (Lipinski definition) is 4. The largest absolute Gasteiger partial charge is 0.444 e. The lowest BCUT2D eigenvalue weighted by molar-refractivity contribution is -0.00199. The molecule has 1 amide bonds. The highest BCUT2D eigenvalue weighted by molar-refractivity contribution is 5.68. The van der Waals surface area contributed by atoms with Crippen LogP contribution in [0.4, 0.5) is 9.18 Å². The van der Waals surface area contributed by atoms with Crippen LogP contribution in [0.3, 0.4) is 0 Å². The molecule has 1 atom stereocenters. The van der Waals surface area contributed by atoms with Gasteiger partial charge in [0.05, 0.1) is 0 Å². The molecule has 0 aromatic heterocycles. The molecule has 2 rings (SSSR count). The summed E-state index contributed by atoms with van der Waals surface area (Å²) in [5.41, 5.74) is -1.65. The molecule has 0 saturated carbocycles. The first-order chi connectivity index (χ1) is 10.7. The summed E-state index contributed by atoms with van der Waals surface area (Å²) in [7, 11) is 0. The maximum Gasteiger partial charge on any atom is 0.410 e. The number of piperidine rings is 1. The van der Waals surface area contributed by atoms with E-state index in [0.717, 1.165) is 26.2 Å². The predicted molar refractivity (Wildman–Crippen MR) is 89.4 cm³/mol. The van der Waals surface area contributed by atoms with Crippen LogP contribution in [0.2, 0.25) is 0 Å². The van der Waals surface area contributed by atoms with Crippen molar-refractivity contribution in [3.8, 4) is 0 Å². The van der Waals surface area contributed by atoms with Crippen molar-refractivity contribution in [3.05, 3.63) is 0 Å². The van der Waals surface area contributed by atoms with Crippen LogP contribution in [0.15, 0.2) is 0 Å². The summed E-state index contributed by atoms with van der Waals surface area (Å²) in [6.45, 7) is 12.4. The van der Waals surface area contributed by atoms with E-state index in [2.05, 4.69) is 17.1 Å². The molecule has 6 heteroatoms. The van der Waals surface area contributed by atoms with Gasteiger partial charge in [-0.3, -0.25) is 4.90 Å². The summed E-state index contributed by atoms with van der Waals surface area (Å²) < 4.78 is 20.4. The van der Waals surface area contributed by atoms with E-state index in [9.17, 15) is 4.79 Å². The predicted octanol–water partition coefficient (Wildman–Crippen LogP) is 2.41. The summed E-state index contributed by atoms with van der Waals surface area (Å²) in [5, 5.41) is 3.36. The topological polar surface area (TPSA) is 44.8 Å². The molecule has 0 bridgehead atoms. The van der Waals surface area contributed by atoms with Crippen LogP contribution in [0.1, 0.15) is 47.0 Å². The lowest BCUT2D eigenvalue weighted by Gasteiger charge is -2.39. The van der Waals surface area contributed by atoms with E-state index in [1.54, 1.807) is 4.90 Å². The molecule has 0 aromatic rings. The molecule has 0 unspecified atom stereocenters. The van der Waals surface area contributed by atoms with Gasteiger partial charge in [-0.1, -0.05) is 0 Å². The number of rotatable bonds is 3. The van der Waals surface area contributed by atoms with Gasteiger partial charge in [0.15, 0.2) is 0 Å². The zero-order valence-corrected chi connectivity index (χ0v) is 15.0. The van der Waals surface area contributed by atoms with Crippen LogP contribution >= 0.6 is 0 Å². The van der Waals surface area contributed by atoms with E-state index < -0.39 is 11.3 Å². The number of hydrogen-bond donors (Lipinski definition) is 1. The quantitative estimate of drug-likeness (QED) is 0.864. The highest BCUT2D eigenvalue weighted by Crippen LogP contribution is 2.31. The third-order valence-electron chi connectivity index (χ3n) is 4.80. The molecule has 134 valence electrons. The van der Waals surface area contributed by atoms with Crippen LogP contribution in [0.25, 0.3) is 0 Å². The number of ether oxygens (including phenoxy) is 1. The minimum absolute atomic E-state index is 0.324. The van der Waals surface area contributed by atoms with Crippen molar-refractivity contribution >= 4 is 6.09 Å². The van der Waals surface area contributed by atoms with E-state index in [4.69, 9.17) is 4.74 Å². The number of piperazine rings is 1. The second-order valence-corrected chi connectivity index (χ2v) is 7.96. The Bertz CT molecular complexity index is 403. The number of halogens is 1. The molecular weight excluding hydrogens is 297 g/mol. The van der Waals surface area contributed by atoms with Gasteiger partial charge in [0.1, 0.15) is 11.3 Å². The molecule has 5 nitrogen and oxygen atoms in total. The number of nitrogens with one attached hydrogen (secondary N) is 1. The lowest BCUT2D eigenvalue weighted by atomic mass is 9.89. The van der Waals surface area contributed by atoms with E-state index >= 15 is 4.39 Å². The van der Waals surface area contributed by atoms with Crippen molar-refractivity contribution in [1.29, 1.82) is 0 Å². The number of amides is 1. The summed E-state index contributed by atoms with van der Waals surface area (Å²) in [6.07, 6.45) is 1.05.